The van der Waals surface area contributed by atoms with Gasteiger partial charge in [0.2, 0.25) is 0 Å². The van der Waals surface area contributed by atoms with Crippen molar-refractivity contribution in [3.8, 4) is 0 Å². The summed E-state index contributed by atoms with van der Waals surface area (Å²) in [6.45, 7) is 3.15. The summed E-state index contributed by atoms with van der Waals surface area (Å²) >= 11 is 0. The quantitative estimate of drug-likeness (QED) is 0.628. The number of nitrogens with zero attached hydrogens (tertiary/aromatic N) is 1. The standard InChI is InChI=1S/C7H13N3O3S/c1-5(11)3-9-14(12,13)7-4-8-6(2)10-7/h4-5,9,11H,3H2,1-2H3,(H,8,10)/t5-/m0/s1. The number of hydrogen-bond acceptors (Lipinski definition) is 4. The lowest BCUT2D eigenvalue weighted by atomic mass is 10.4. The Bertz CT molecular complexity index is 396. The van der Waals surface area contributed by atoms with Crippen molar-refractivity contribution in [2.75, 3.05) is 6.54 Å². The molecular weight excluding hydrogens is 206 g/mol. The highest BCUT2D eigenvalue weighted by atomic mass is 32.2. The summed E-state index contributed by atoms with van der Waals surface area (Å²) in [5, 5.41) is 8.92. The van der Waals surface area contributed by atoms with Crippen molar-refractivity contribution in [1.29, 1.82) is 0 Å². The molecule has 0 unspecified atom stereocenters. The Morgan fingerprint density at radius 2 is 2.36 bits per heavy atom. The number of H-pyrrole nitrogens is 1. The summed E-state index contributed by atoms with van der Waals surface area (Å²) in [4.78, 5) is 6.37. The molecule has 1 heterocycles. The Morgan fingerprint density at radius 1 is 1.71 bits per heavy atom. The predicted octanol–water partition coefficient (Wildman–Crippen LogP) is -0.623. The van der Waals surface area contributed by atoms with Crippen LogP contribution in [0.2, 0.25) is 0 Å². The van der Waals surface area contributed by atoms with Gasteiger partial charge in [-0.25, -0.2) is 18.1 Å². The first-order valence-corrected chi connectivity index (χ1v) is 5.59. The van der Waals surface area contributed by atoms with Crippen molar-refractivity contribution < 1.29 is 13.5 Å². The highest BCUT2D eigenvalue weighted by molar-refractivity contribution is 7.89. The minimum atomic E-state index is -3.56. The van der Waals surface area contributed by atoms with Crippen LogP contribution >= 0.6 is 0 Å². The second-order valence-corrected chi connectivity index (χ2v) is 4.77. The molecule has 7 heteroatoms. The van der Waals surface area contributed by atoms with Crippen molar-refractivity contribution >= 4 is 10.0 Å². The lowest BCUT2D eigenvalue weighted by molar-refractivity contribution is 0.198. The van der Waals surface area contributed by atoms with Gasteiger partial charge in [-0.1, -0.05) is 0 Å². The number of aryl methyl sites for hydroxylation is 1. The van der Waals surface area contributed by atoms with E-state index >= 15 is 0 Å². The molecule has 1 rings (SSSR count). The van der Waals surface area contributed by atoms with Gasteiger partial charge in [-0.3, -0.25) is 0 Å². The molecule has 0 bridgehead atoms. The molecule has 14 heavy (non-hydrogen) atoms. The van der Waals surface area contributed by atoms with Crippen molar-refractivity contribution in [3.05, 3.63) is 12.0 Å². The summed E-state index contributed by atoms with van der Waals surface area (Å²) in [5.74, 6) is 0.530. The van der Waals surface area contributed by atoms with Crippen molar-refractivity contribution in [2.24, 2.45) is 0 Å². The van der Waals surface area contributed by atoms with Crippen LogP contribution in [0, 0.1) is 6.92 Å². The number of aliphatic hydroxyl groups excluding tert-OH is 1. The first-order valence-electron chi connectivity index (χ1n) is 4.11. The van der Waals surface area contributed by atoms with Gasteiger partial charge >= 0.3 is 0 Å². The lowest BCUT2D eigenvalue weighted by Gasteiger charge is -2.05. The number of aromatic nitrogens is 2. The molecule has 0 aliphatic heterocycles. The third-order valence-electron chi connectivity index (χ3n) is 1.54. The molecule has 0 amide bonds. The first-order chi connectivity index (χ1) is 6.42. The molecule has 80 valence electrons. The lowest BCUT2D eigenvalue weighted by Crippen LogP contribution is -2.30. The molecule has 0 fully saturated rings. The number of aliphatic hydroxyl groups is 1. The number of rotatable bonds is 4. The van der Waals surface area contributed by atoms with Crippen LogP contribution < -0.4 is 4.72 Å². The van der Waals surface area contributed by atoms with Crippen LogP contribution in [0.3, 0.4) is 0 Å². The number of sulfonamides is 1. The average Bonchev–Trinajstić information content (AvgIpc) is 2.49. The zero-order valence-corrected chi connectivity index (χ0v) is 8.80. The minimum Gasteiger partial charge on any atom is -0.392 e. The molecule has 0 saturated carbocycles. The molecule has 0 aromatic carbocycles. The van der Waals surface area contributed by atoms with Gasteiger partial charge in [-0.05, 0) is 13.8 Å². The smallest absolute Gasteiger partial charge is 0.257 e. The van der Waals surface area contributed by atoms with Crippen LogP contribution in [0.1, 0.15) is 12.7 Å². The SMILES string of the molecule is Cc1ncc(S(=O)(=O)NC[C@H](C)O)[nH]1. The van der Waals surface area contributed by atoms with E-state index in [0.717, 1.165) is 0 Å². The van der Waals surface area contributed by atoms with E-state index in [2.05, 4.69) is 14.7 Å². The van der Waals surface area contributed by atoms with Gasteiger partial charge in [-0.2, -0.15) is 0 Å². The molecule has 0 radical (unpaired) electrons. The highest BCUT2D eigenvalue weighted by Gasteiger charge is 2.16. The minimum absolute atomic E-state index is 0.00986. The fourth-order valence-electron chi connectivity index (χ4n) is 0.843. The molecule has 3 N–H and O–H groups in total. The van der Waals surface area contributed by atoms with E-state index in [1.54, 1.807) is 6.92 Å². The van der Waals surface area contributed by atoms with Crippen LogP contribution in [0.25, 0.3) is 0 Å². The summed E-state index contributed by atoms with van der Waals surface area (Å²) in [7, 11) is -3.56. The number of aromatic amines is 1. The summed E-state index contributed by atoms with van der Waals surface area (Å²) in [5.41, 5.74) is 0. The number of nitrogens with one attached hydrogen (secondary N) is 2. The van der Waals surface area contributed by atoms with E-state index in [1.807, 2.05) is 0 Å². The average molecular weight is 219 g/mol. The van der Waals surface area contributed by atoms with Gasteiger partial charge in [0, 0.05) is 6.54 Å². The molecule has 0 saturated heterocycles. The fraction of sp³-hybridized carbons (Fsp3) is 0.571. The molecule has 0 spiro atoms. The second kappa shape index (κ2) is 4.07. The van der Waals surface area contributed by atoms with Crippen LogP contribution in [-0.4, -0.2) is 36.1 Å². The van der Waals surface area contributed by atoms with Gasteiger partial charge in [0.05, 0.1) is 12.3 Å². The van der Waals surface area contributed by atoms with E-state index in [9.17, 15) is 8.42 Å². The fourth-order valence-corrected chi connectivity index (χ4v) is 1.93. The molecule has 0 aliphatic carbocycles. The highest BCUT2D eigenvalue weighted by Crippen LogP contribution is 2.04. The van der Waals surface area contributed by atoms with E-state index in [-0.39, 0.29) is 11.6 Å². The van der Waals surface area contributed by atoms with Crippen LogP contribution in [0.15, 0.2) is 11.2 Å². The summed E-state index contributed by atoms with van der Waals surface area (Å²) < 4.78 is 25.2. The molecule has 1 atom stereocenters. The molecule has 1 aromatic heterocycles. The van der Waals surface area contributed by atoms with Crippen molar-refractivity contribution in [3.63, 3.8) is 0 Å². The molecule has 0 aliphatic rings. The second-order valence-electron chi connectivity index (χ2n) is 3.03. The molecule has 6 nitrogen and oxygen atoms in total. The van der Waals surface area contributed by atoms with E-state index < -0.39 is 16.1 Å². The van der Waals surface area contributed by atoms with Crippen LogP contribution in [0.4, 0.5) is 0 Å². The summed E-state index contributed by atoms with van der Waals surface area (Å²) in [6, 6.07) is 0. The van der Waals surface area contributed by atoms with E-state index in [1.165, 1.54) is 13.1 Å². The Balaban J connectivity index is 2.76. The predicted molar refractivity (Wildman–Crippen MR) is 50.2 cm³/mol. The van der Waals surface area contributed by atoms with Crippen LogP contribution in [0.5, 0.6) is 0 Å². The third-order valence-corrected chi connectivity index (χ3v) is 2.87. The third kappa shape index (κ3) is 2.79. The summed E-state index contributed by atoms with van der Waals surface area (Å²) in [6.07, 6.45) is 0.522. The van der Waals surface area contributed by atoms with Crippen molar-refractivity contribution in [1.82, 2.24) is 14.7 Å². The Labute approximate surface area is 82.4 Å². The Morgan fingerprint density at radius 3 is 2.79 bits per heavy atom. The first kappa shape index (κ1) is 11.2. The van der Waals surface area contributed by atoms with Gasteiger partial charge in [-0.15, -0.1) is 0 Å². The maximum atomic E-state index is 11.5. The number of hydrogen-bond donors (Lipinski definition) is 3. The number of imidazole rings is 1. The van der Waals surface area contributed by atoms with E-state index in [0.29, 0.717) is 5.82 Å². The monoisotopic (exact) mass is 219 g/mol. The normalized spacial score (nSPS) is 14.2. The van der Waals surface area contributed by atoms with Gasteiger partial charge in [0.25, 0.3) is 10.0 Å². The van der Waals surface area contributed by atoms with E-state index in [4.69, 9.17) is 5.11 Å². The topological polar surface area (TPSA) is 95.1 Å². The van der Waals surface area contributed by atoms with Crippen molar-refractivity contribution in [2.45, 2.75) is 25.0 Å². The maximum Gasteiger partial charge on any atom is 0.257 e. The largest absolute Gasteiger partial charge is 0.392 e. The zero-order valence-electron chi connectivity index (χ0n) is 7.98. The Hall–Kier alpha value is -0.920. The molecular formula is C7H13N3O3S. The Kier molecular flexibility index (Phi) is 3.25. The van der Waals surface area contributed by atoms with Crippen LogP contribution in [-0.2, 0) is 10.0 Å². The maximum absolute atomic E-state index is 11.5. The van der Waals surface area contributed by atoms with Gasteiger partial charge in [0.1, 0.15) is 5.82 Å². The zero-order chi connectivity index (χ0) is 10.8. The van der Waals surface area contributed by atoms with Gasteiger partial charge < -0.3 is 10.1 Å². The molecule has 1 aromatic rings. The van der Waals surface area contributed by atoms with Gasteiger partial charge in [0.15, 0.2) is 5.03 Å².